The number of hydrogen-bond donors (Lipinski definition) is 4. The van der Waals surface area contributed by atoms with Gasteiger partial charge in [-0.25, -0.2) is 4.39 Å². The van der Waals surface area contributed by atoms with E-state index in [1.807, 2.05) is 20.8 Å². The molecule has 5 rings (SSSR count). The molecule has 0 radical (unpaired) electrons. The van der Waals surface area contributed by atoms with Crippen LogP contribution in [0.4, 0.5) is 15.9 Å². The van der Waals surface area contributed by atoms with Crippen LogP contribution in [0.25, 0.3) is 10.9 Å². The van der Waals surface area contributed by atoms with E-state index in [9.17, 15) is 19.2 Å². The fourth-order valence-electron chi connectivity index (χ4n) is 5.07. The fraction of sp³-hybridized carbons (Fsp3) is 0.458. The summed E-state index contributed by atoms with van der Waals surface area (Å²) in [6, 6.07) is 8.89. The molecule has 192 valence electrons. The van der Waals surface area contributed by atoms with E-state index < -0.39 is 33.6 Å². The number of nitrogens with zero attached hydrogens (tertiary/aromatic N) is 4. The van der Waals surface area contributed by atoms with E-state index in [4.69, 9.17) is 4.74 Å². The average molecular weight is 517 g/mol. The number of nitrogens with one attached hydrogen (secondary N) is 2. The van der Waals surface area contributed by atoms with Crippen molar-refractivity contribution in [2.45, 2.75) is 62.3 Å². The Bertz CT molecular complexity index is 1420. The highest BCUT2D eigenvalue weighted by Gasteiger charge is 2.46. The summed E-state index contributed by atoms with van der Waals surface area (Å²) in [6.45, 7) is 6.23. The zero-order chi connectivity index (χ0) is 25.9. The first kappa shape index (κ1) is 24.7. The third-order valence-electron chi connectivity index (χ3n) is 6.93. The van der Waals surface area contributed by atoms with Crippen molar-refractivity contribution in [2.75, 3.05) is 18.5 Å². The smallest absolute Gasteiger partial charge is 0.261 e. The SMILES string of the molecule is CC(C)(C)N1Cc2cc(Nc3nn(C4(CC#N)CCOCC4F)c4cc[nH]c(=O)c34)ccc2S1(O)O. The molecule has 0 saturated carbocycles. The second-order valence-electron chi connectivity index (χ2n) is 10.2. The van der Waals surface area contributed by atoms with Crippen molar-refractivity contribution in [3.05, 3.63) is 46.4 Å². The largest absolute Gasteiger partial charge is 0.378 e. The summed E-state index contributed by atoms with van der Waals surface area (Å²) >= 11 is 0. The number of ether oxygens (including phenoxy) is 1. The van der Waals surface area contributed by atoms with Crippen molar-refractivity contribution < 1.29 is 18.2 Å². The third kappa shape index (κ3) is 3.79. The maximum Gasteiger partial charge on any atom is 0.261 e. The zero-order valence-electron chi connectivity index (χ0n) is 20.3. The van der Waals surface area contributed by atoms with Crippen LogP contribution in [0, 0.1) is 11.3 Å². The molecule has 1 fully saturated rings. The van der Waals surface area contributed by atoms with Gasteiger partial charge in [0.05, 0.1) is 29.5 Å². The normalized spacial score (nSPS) is 24.9. The van der Waals surface area contributed by atoms with Crippen LogP contribution in [0.2, 0.25) is 0 Å². The van der Waals surface area contributed by atoms with Gasteiger partial charge in [-0.05, 0) is 57.0 Å². The number of halogens is 1. The minimum Gasteiger partial charge on any atom is -0.378 e. The summed E-state index contributed by atoms with van der Waals surface area (Å²) < 4.78 is 45.4. The lowest BCUT2D eigenvalue weighted by Crippen LogP contribution is -2.49. The number of rotatable bonds is 4. The van der Waals surface area contributed by atoms with Gasteiger partial charge in [-0.15, -0.1) is 10.8 Å². The molecule has 10 nitrogen and oxygen atoms in total. The Morgan fingerprint density at radius 1 is 1.39 bits per heavy atom. The molecule has 2 aliphatic rings. The number of fused-ring (bicyclic) bond motifs is 2. The van der Waals surface area contributed by atoms with Gasteiger partial charge in [-0.2, -0.15) is 14.7 Å². The highest BCUT2D eigenvalue weighted by molar-refractivity contribution is 8.22. The number of aromatic amines is 1. The minimum atomic E-state index is -3.12. The zero-order valence-corrected chi connectivity index (χ0v) is 21.1. The van der Waals surface area contributed by atoms with E-state index in [-0.39, 0.29) is 37.3 Å². The summed E-state index contributed by atoms with van der Waals surface area (Å²) in [7, 11) is -3.12. The number of hydrogen-bond acceptors (Lipinski definition) is 8. The van der Waals surface area contributed by atoms with Crippen LogP contribution in [-0.4, -0.2) is 53.1 Å². The van der Waals surface area contributed by atoms with Crippen LogP contribution in [0.15, 0.2) is 40.2 Å². The molecule has 36 heavy (non-hydrogen) atoms. The van der Waals surface area contributed by atoms with Crippen LogP contribution in [0.1, 0.15) is 39.2 Å². The first-order valence-corrected chi connectivity index (χ1v) is 13.1. The maximum absolute atomic E-state index is 15.3. The van der Waals surface area contributed by atoms with Crippen molar-refractivity contribution in [1.82, 2.24) is 19.1 Å². The number of aromatic nitrogens is 3. The highest BCUT2D eigenvalue weighted by Crippen LogP contribution is 2.61. The summed E-state index contributed by atoms with van der Waals surface area (Å²) in [5.74, 6) is 0.222. The lowest BCUT2D eigenvalue weighted by atomic mass is 9.85. The minimum absolute atomic E-state index is 0.125. The van der Waals surface area contributed by atoms with Gasteiger partial charge >= 0.3 is 0 Å². The van der Waals surface area contributed by atoms with E-state index in [0.29, 0.717) is 22.6 Å². The standard InChI is InChI=1S/C24H29FN6O4S/c1-23(2,3)30-13-15-12-16(4-5-18(15)36(30,33)34)28-21-20-17(6-10-27-22(20)32)31(29-21)24(7-9-26)8-11-35-14-19(24)25/h4-6,10,12,19,33-34H,7-8,11,13-14H2,1-3H3,(H,27,32)(H,28,29). The van der Waals surface area contributed by atoms with Gasteiger partial charge in [0, 0.05) is 30.6 Å². The third-order valence-corrected chi connectivity index (χ3v) is 9.20. The summed E-state index contributed by atoms with van der Waals surface area (Å²) in [5, 5.41) is 17.6. The number of alkyl halides is 1. The Labute approximate surface area is 209 Å². The summed E-state index contributed by atoms with van der Waals surface area (Å²) in [4.78, 5) is 16.0. The number of nitriles is 1. The van der Waals surface area contributed by atoms with Gasteiger partial charge in [0.1, 0.15) is 17.1 Å². The van der Waals surface area contributed by atoms with E-state index in [1.165, 1.54) is 10.9 Å². The van der Waals surface area contributed by atoms with Gasteiger partial charge < -0.3 is 15.0 Å². The molecule has 12 heteroatoms. The second kappa shape index (κ2) is 8.57. The van der Waals surface area contributed by atoms with Gasteiger partial charge in [0.2, 0.25) is 0 Å². The second-order valence-corrected chi connectivity index (χ2v) is 12.2. The van der Waals surface area contributed by atoms with Crippen LogP contribution in [0.5, 0.6) is 0 Å². The Morgan fingerprint density at radius 2 is 2.17 bits per heavy atom. The van der Waals surface area contributed by atoms with Crippen LogP contribution < -0.4 is 10.9 Å². The molecule has 0 spiro atoms. The van der Waals surface area contributed by atoms with Gasteiger partial charge in [0.25, 0.3) is 5.56 Å². The molecule has 4 N–H and O–H groups in total. The maximum atomic E-state index is 15.3. The molecular formula is C24H29FN6O4S. The molecular weight excluding hydrogens is 487 g/mol. The molecule has 0 bridgehead atoms. The summed E-state index contributed by atoms with van der Waals surface area (Å²) in [5.41, 5.74) is -0.370. The van der Waals surface area contributed by atoms with E-state index in [2.05, 4.69) is 21.5 Å². The molecule has 2 atom stereocenters. The van der Waals surface area contributed by atoms with Crippen LogP contribution >= 0.6 is 10.8 Å². The van der Waals surface area contributed by atoms with Crippen molar-refractivity contribution in [3.63, 3.8) is 0 Å². The topological polar surface area (TPSA) is 139 Å². The molecule has 1 saturated heterocycles. The molecule has 2 aromatic heterocycles. The molecule has 0 amide bonds. The van der Waals surface area contributed by atoms with Gasteiger partial charge in [-0.3, -0.25) is 18.6 Å². The van der Waals surface area contributed by atoms with Crippen molar-refractivity contribution in [2.24, 2.45) is 0 Å². The first-order valence-electron chi connectivity index (χ1n) is 11.6. The molecule has 2 unspecified atom stereocenters. The van der Waals surface area contributed by atoms with Crippen molar-refractivity contribution in [1.29, 1.82) is 5.26 Å². The predicted molar refractivity (Wildman–Crippen MR) is 135 cm³/mol. The molecule has 1 aromatic carbocycles. The first-order chi connectivity index (χ1) is 17.0. The molecule has 3 aromatic rings. The lowest BCUT2D eigenvalue weighted by molar-refractivity contribution is -0.0511. The van der Waals surface area contributed by atoms with E-state index >= 15 is 4.39 Å². The number of pyridine rings is 1. The number of H-pyrrole nitrogens is 1. The Hall–Kier alpha value is -2.95. The van der Waals surface area contributed by atoms with Crippen molar-refractivity contribution >= 4 is 33.2 Å². The number of anilines is 2. The van der Waals surface area contributed by atoms with Crippen molar-refractivity contribution in [3.8, 4) is 6.07 Å². The predicted octanol–water partition coefficient (Wildman–Crippen LogP) is 4.47. The Kier molecular flexibility index (Phi) is 5.89. The van der Waals surface area contributed by atoms with Gasteiger partial charge in [0.15, 0.2) is 5.82 Å². The summed E-state index contributed by atoms with van der Waals surface area (Å²) in [6.07, 6.45) is 0.111. The lowest BCUT2D eigenvalue weighted by Gasteiger charge is -2.44. The van der Waals surface area contributed by atoms with Gasteiger partial charge in [-0.1, -0.05) is 0 Å². The monoisotopic (exact) mass is 516 g/mol. The Morgan fingerprint density at radius 3 is 2.86 bits per heavy atom. The quantitative estimate of drug-likeness (QED) is 0.398. The van der Waals surface area contributed by atoms with Crippen LogP contribution in [-0.2, 0) is 16.8 Å². The fourth-order valence-corrected chi connectivity index (χ4v) is 7.11. The highest BCUT2D eigenvalue weighted by atomic mass is 32.3. The van der Waals surface area contributed by atoms with Crippen LogP contribution in [0.3, 0.4) is 0 Å². The molecule has 0 aliphatic carbocycles. The van der Waals surface area contributed by atoms with E-state index in [1.54, 1.807) is 28.6 Å². The molecule has 4 heterocycles. The molecule has 2 aliphatic heterocycles. The number of benzene rings is 1. The average Bonchev–Trinajstić information content (AvgIpc) is 3.31. The Balaban J connectivity index is 1.59. The van der Waals surface area contributed by atoms with E-state index in [0.717, 1.165) is 5.56 Å².